The maximum Gasteiger partial charge on any atom is 0.123 e. The van der Waals surface area contributed by atoms with Crippen LogP contribution in [-0.4, -0.2) is 49.2 Å². The van der Waals surface area contributed by atoms with Gasteiger partial charge in [0, 0.05) is 36.8 Å². The average Bonchev–Trinajstić information content (AvgIpc) is 3.05. The number of hydrogen-bond donors (Lipinski definition) is 1. The molecule has 0 aliphatic carbocycles. The summed E-state index contributed by atoms with van der Waals surface area (Å²) < 4.78 is 6.15. The third-order valence-corrected chi connectivity index (χ3v) is 5.82. The van der Waals surface area contributed by atoms with Crippen molar-refractivity contribution < 1.29 is 4.74 Å². The van der Waals surface area contributed by atoms with E-state index in [1.807, 2.05) is 6.20 Å². The van der Waals surface area contributed by atoms with E-state index in [9.17, 15) is 0 Å². The van der Waals surface area contributed by atoms with Crippen molar-refractivity contribution >= 4 is 0 Å². The van der Waals surface area contributed by atoms with Crippen molar-refractivity contribution in [2.45, 2.75) is 37.7 Å². The van der Waals surface area contributed by atoms with Crippen molar-refractivity contribution in [3.63, 3.8) is 0 Å². The van der Waals surface area contributed by atoms with Crippen molar-refractivity contribution in [2.75, 3.05) is 33.2 Å². The first-order chi connectivity index (χ1) is 12.6. The largest absolute Gasteiger partial charge is 0.488 e. The molecule has 1 fully saturated rings. The minimum atomic E-state index is 0.138. The molecule has 26 heavy (non-hydrogen) atoms. The zero-order valence-corrected chi connectivity index (χ0v) is 15.9. The molecule has 2 aliphatic rings. The highest BCUT2D eigenvalue weighted by molar-refractivity contribution is 5.37. The van der Waals surface area contributed by atoms with Gasteiger partial charge in [-0.15, -0.1) is 0 Å². The Labute approximate surface area is 156 Å². The van der Waals surface area contributed by atoms with Gasteiger partial charge in [-0.3, -0.25) is 4.98 Å². The maximum atomic E-state index is 6.15. The van der Waals surface area contributed by atoms with E-state index in [4.69, 9.17) is 9.72 Å². The number of pyridine rings is 1. The Kier molecular flexibility index (Phi) is 4.96. The summed E-state index contributed by atoms with van der Waals surface area (Å²) in [5.74, 6) is 1.06. The molecule has 2 aliphatic heterocycles. The van der Waals surface area contributed by atoms with Crippen LogP contribution in [0.3, 0.4) is 0 Å². The molecule has 138 valence electrons. The number of piperidine rings is 1. The van der Waals surface area contributed by atoms with Crippen molar-refractivity contribution in [2.24, 2.45) is 0 Å². The molecule has 4 nitrogen and oxygen atoms in total. The summed E-state index contributed by atoms with van der Waals surface area (Å²) in [5, 5.41) is 3.51. The highest BCUT2D eigenvalue weighted by Gasteiger charge is 2.37. The Morgan fingerprint density at radius 1 is 1.19 bits per heavy atom. The Morgan fingerprint density at radius 2 is 2.00 bits per heavy atom. The van der Waals surface area contributed by atoms with Crippen LogP contribution in [0.5, 0.6) is 5.75 Å². The maximum absolute atomic E-state index is 6.15. The van der Waals surface area contributed by atoms with Gasteiger partial charge in [0.05, 0.1) is 0 Å². The summed E-state index contributed by atoms with van der Waals surface area (Å²) in [7, 11) is 2.23. The number of nitrogens with one attached hydrogen (secondary N) is 1. The minimum Gasteiger partial charge on any atom is -0.488 e. The Bertz CT molecular complexity index is 712. The number of para-hydroxylation sites is 1. The van der Waals surface area contributed by atoms with E-state index in [2.05, 4.69) is 60.6 Å². The molecular formula is C22H29N3O. The molecule has 0 saturated carbocycles. The summed E-state index contributed by atoms with van der Waals surface area (Å²) in [6, 6.07) is 12.8. The first-order valence-corrected chi connectivity index (χ1v) is 9.72. The Balaban J connectivity index is 1.45. The number of hydrogen-bond acceptors (Lipinski definition) is 4. The molecule has 0 spiro atoms. The third kappa shape index (κ3) is 3.62. The highest BCUT2D eigenvalue weighted by atomic mass is 16.5. The van der Waals surface area contributed by atoms with Gasteiger partial charge in [0.1, 0.15) is 11.9 Å². The second kappa shape index (κ2) is 7.37. The van der Waals surface area contributed by atoms with Crippen LogP contribution in [0.15, 0.2) is 42.6 Å². The number of nitrogens with zero attached hydrogens (tertiary/aromatic N) is 2. The summed E-state index contributed by atoms with van der Waals surface area (Å²) >= 11 is 0. The number of benzene rings is 1. The van der Waals surface area contributed by atoms with E-state index in [1.165, 1.54) is 16.8 Å². The normalized spacial score (nSPS) is 21.4. The quantitative estimate of drug-likeness (QED) is 0.899. The first-order valence-electron chi connectivity index (χ1n) is 9.72. The molecule has 1 saturated heterocycles. The SMILES string of the molecule is Cc1ccc(C2(CN(C)C[C@@H]3Cc4ccccc4O3)CCNCC2)nc1. The second-order valence-electron chi connectivity index (χ2n) is 8.00. The molecular weight excluding hydrogens is 322 g/mol. The van der Waals surface area contributed by atoms with Crippen LogP contribution >= 0.6 is 0 Å². The lowest BCUT2D eigenvalue weighted by molar-refractivity contribution is 0.134. The van der Waals surface area contributed by atoms with E-state index in [1.54, 1.807) is 0 Å². The van der Waals surface area contributed by atoms with Crippen molar-refractivity contribution in [1.29, 1.82) is 0 Å². The van der Waals surface area contributed by atoms with Crippen molar-refractivity contribution in [3.8, 4) is 5.75 Å². The van der Waals surface area contributed by atoms with Crippen LogP contribution in [-0.2, 0) is 11.8 Å². The van der Waals surface area contributed by atoms with Crippen LogP contribution < -0.4 is 10.1 Å². The van der Waals surface area contributed by atoms with Crippen LogP contribution in [0.4, 0.5) is 0 Å². The first kappa shape index (κ1) is 17.5. The van der Waals surface area contributed by atoms with Gasteiger partial charge in [-0.2, -0.15) is 0 Å². The van der Waals surface area contributed by atoms with E-state index in [-0.39, 0.29) is 11.5 Å². The topological polar surface area (TPSA) is 37.4 Å². The number of aromatic nitrogens is 1. The summed E-state index contributed by atoms with van der Waals surface area (Å²) in [4.78, 5) is 7.25. The van der Waals surface area contributed by atoms with E-state index in [0.717, 1.165) is 51.2 Å². The number of fused-ring (bicyclic) bond motifs is 1. The number of ether oxygens (including phenoxy) is 1. The van der Waals surface area contributed by atoms with Gasteiger partial charge in [0.25, 0.3) is 0 Å². The van der Waals surface area contributed by atoms with Gasteiger partial charge < -0.3 is 15.0 Å². The van der Waals surface area contributed by atoms with Crippen molar-refractivity contribution in [3.05, 3.63) is 59.4 Å². The van der Waals surface area contributed by atoms with E-state index >= 15 is 0 Å². The molecule has 1 aromatic heterocycles. The highest BCUT2D eigenvalue weighted by Crippen LogP contribution is 2.34. The lowest BCUT2D eigenvalue weighted by Crippen LogP contribution is -2.48. The van der Waals surface area contributed by atoms with Gasteiger partial charge in [-0.05, 0) is 63.2 Å². The van der Waals surface area contributed by atoms with Crippen molar-refractivity contribution in [1.82, 2.24) is 15.2 Å². The Morgan fingerprint density at radius 3 is 2.73 bits per heavy atom. The number of rotatable bonds is 5. The molecule has 1 aromatic carbocycles. The molecule has 0 unspecified atom stereocenters. The molecule has 4 rings (SSSR count). The lowest BCUT2D eigenvalue weighted by atomic mass is 9.75. The zero-order valence-electron chi connectivity index (χ0n) is 15.9. The molecule has 1 atom stereocenters. The van der Waals surface area contributed by atoms with Gasteiger partial charge in [-0.25, -0.2) is 0 Å². The second-order valence-corrected chi connectivity index (χ2v) is 8.00. The van der Waals surface area contributed by atoms with Gasteiger partial charge in [-0.1, -0.05) is 24.3 Å². The molecule has 2 aromatic rings. The van der Waals surface area contributed by atoms with Crippen LogP contribution in [0.1, 0.15) is 29.7 Å². The van der Waals surface area contributed by atoms with E-state index < -0.39 is 0 Å². The zero-order chi connectivity index (χ0) is 18.0. The predicted molar refractivity (Wildman–Crippen MR) is 105 cm³/mol. The molecule has 1 N–H and O–H groups in total. The van der Waals surface area contributed by atoms with Crippen LogP contribution in [0, 0.1) is 6.92 Å². The third-order valence-electron chi connectivity index (χ3n) is 5.82. The van der Waals surface area contributed by atoms with Gasteiger partial charge in [0.2, 0.25) is 0 Å². The number of aryl methyl sites for hydroxylation is 1. The summed E-state index contributed by atoms with van der Waals surface area (Å²) in [6.45, 7) is 6.22. The average molecular weight is 351 g/mol. The lowest BCUT2D eigenvalue weighted by Gasteiger charge is -2.40. The fourth-order valence-electron chi connectivity index (χ4n) is 4.47. The standard InChI is InChI=1S/C22H29N3O/c1-17-7-8-21(24-14-17)22(9-11-23-12-10-22)16-25(2)15-19-13-18-5-3-4-6-20(18)26-19/h3-8,14,19,23H,9-13,15-16H2,1-2H3/t19-/m0/s1. The fourth-order valence-corrected chi connectivity index (χ4v) is 4.47. The fraction of sp³-hybridized carbons (Fsp3) is 0.500. The van der Waals surface area contributed by atoms with Crippen LogP contribution in [0.25, 0.3) is 0 Å². The molecule has 0 amide bonds. The number of likely N-dealkylation sites (N-methyl/N-ethyl adjacent to an activating group) is 1. The molecule has 0 bridgehead atoms. The monoisotopic (exact) mass is 351 g/mol. The van der Waals surface area contributed by atoms with E-state index in [0.29, 0.717) is 0 Å². The summed E-state index contributed by atoms with van der Waals surface area (Å²) in [5.41, 5.74) is 3.94. The van der Waals surface area contributed by atoms with Gasteiger partial charge >= 0.3 is 0 Å². The predicted octanol–water partition coefficient (Wildman–Crippen LogP) is 2.95. The minimum absolute atomic E-state index is 0.138. The molecule has 0 radical (unpaired) electrons. The van der Waals surface area contributed by atoms with Crippen LogP contribution in [0.2, 0.25) is 0 Å². The summed E-state index contributed by atoms with van der Waals surface area (Å²) in [6.07, 6.45) is 5.55. The van der Waals surface area contributed by atoms with Gasteiger partial charge in [0.15, 0.2) is 0 Å². The molecule has 3 heterocycles. The Hall–Kier alpha value is -1.91. The smallest absolute Gasteiger partial charge is 0.123 e. The molecule has 4 heteroatoms.